The lowest BCUT2D eigenvalue weighted by molar-refractivity contribution is -0.139. The highest BCUT2D eigenvalue weighted by molar-refractivity contribution is 6.93. The molecule has 0 spiro atoms. The van der Waals surface area contributed by atoms with Gasteiger partial charge in [0.15, 0.2) is 0 Å². The molecule has 0 radical (unpaired) electrons. The highest BCUT2D eigenvalue weighted by atomic mass is 16.6. The quantitative estimate of drug-likeness (QED) is 0.253. The molecule has 0 saturated heterocycles. The van der Waals surface area contributed by atoms with Gasteiger partial charge in [-0.2, -0.15) is 4.79 Å². The third-order valence-electron chi connectivity index (χ3n) is 2.13. The van der Waals surface area contributed by atoms with Crippen LogP contribution in [0, 0.1) is 0 Å². The van der Waals surface area contributed by atoms with Crippen LogP contribution in [0.2, 0.25) is 0 Å². The van der Waals surface area contributed by atoms with Gasteiger partial charge in [-0.3, -0.25) is 0 Å². The van der Waals surface area contributed by atoms with Crippen molar-refractivity contribution in [1.82, 2.24) is 0 Å². The molecule has 17 heavy (non-hydrogen) atoms. The van der Waals surface area contributed by atoms with Crippen molar-refractivity contribution in [3.63, 3.8) is 0 Å². The number of carbonyl (C=O) groups is 1. The molecule has 86 valence electrons. The van der Waals surface area contributed by atoms with E-state index in [2.05, 4.69) is 4.79 Å². The summed E-state index contributed by atoms with van der Waals surface area (Å²) in [5.41, 5.74) is 8.47. The number of fused-ring (bicyclic) bond motifs is 1. The van der Waals surface area contributed by atoms with Gasteiger partial charge >= 0.3 is 18.7 Å². The molecule has 1 aliphatic heterocycles. The second-order valence-electron chi connectivity index (χ2n) is 3.22. The molecule has 0 atom stereocenters. The van der Waals surface area contributed by atoms with Crippen LogP contribution in [0.15, 0.2) is 24.3 Å². The molecule has 0 aromatic heterocycles. The number of nitrogens with zero attached hydrogens (tertiary/aromatic N) is 2. The molecule has 0 unspecified atom stereocenters. The predicted molar refractivity (Wildman–Crippen MR) is 58.7 cm³/mol. The Morgan fingerprint density at radius 2 is 2.00 bits per heavy atom. The summed E-state index contributed by atoms with van der Waals surface area (Å²) in [6.07, 6.45) is 0. The van der Waals surface area contributed by atoms with E-state index in [1.54, 1.807) is 31.2 Å². The first kappa shape index (κ1) is 11.2. The van der Waals surface area contributed by atoms with E-state index in [0.29, 0.717) is 11.5 Å². The van der Waals surface area contributed by atoms with Gasteiger partial charge < -0.3 is 19.6 Å². The Morgan fingerprint density at radius 1 is 1.41 bits per heavy atom. The van der Waals surface area contributed by atoms with E-state index < -0.39 is 13.1 Å². The lowest BCUT2D eigenvalue weighted by Crippen LogP contribution is -2.42. The summed E-state index contributed by atoms with van der Waals surface area (Å²) >= 11 is 0. The van der Waals surface area contributed by atoms with Gasteiger partial charge in [-0.25, -0.2) is 4.79 Å². The van der Waals surface area contributed by atoms with Crippen molar-refractivity contribution in [3.8, 4) is 11.5 Å². The number of hydrogen-bond donors (Lipinski definition) is 0. The van der Waals surface area contributed by atoms with E-state index >= 15 is 0 Å². The van der Waals surface area contributed by atoms with Gasteiger partial charge in [-0.15, -0.1) is 0 Å². The second-order valence-corrected chi connectivity index (χ2v) is 3.22. The molecule has 1 heterocycles. The number of para-hydroxylation sites is 2. The normalized spacial score (nSPS) is 11.9. The Bertz CT molecular complexity index is 474. The molecule has 0 bridgehead atoms. The van der Waals surface area contributed by atoms with Crippen LogP contribution in [0.5, 0.6) is 11.5 Å². The summed E-state index contributed by atoms with van der Waals surface area (Å²) in [6, 6.07) is 6.92. The standard InChI is InChI=1S/C10H9BN2O4/c1-2-15-10(14)9(13-12)11-16-7-5-3-4-6-8(7)17-11/h3-6H,2H2,1H3. The van der Waals surface area contributed by atoms with Crippen molar-refractivity contribution in [2.24, 2.45) is 0 Å². The Morgan fingerprint density at radius 3 is 2.47 bits per heavy atom. The topological polar surface area (TPSA) is 81.2 Å². The van der Waals surface area contributed by atoms with Crippen LogP contribution in [0.25, 0.3) is 5.53 Å². The molecule has 0 fully saturated rings. The number of ether oxygens (including phenoxy) is 1. The lowest BCUT2D eigenvalue weighted by atomic mass is 9.82. The van der Waals surface area contributed by atoms with Gasteiger partial charge in [0.1, 0.15) is 11.5 Å². The molecule has 6 nitrogen and oxygen atoms in total. The fourth-order valence-corrected chi connectivity index (χ4v) is 1.40. The van der Waals surface area contributed by atoms with Gasteiger partial charge in [0, 0.05) is 0 Å². The molecular formula is C10H9BN2O4. The maximum Gasteiger partial charge on any atom is 0.733 e. The van der Waals surface area contributed by atoms with Crippen molar-refractivity contribution in [1.29, 1.82) is 0 Å². The van der Waals surface area contributed by atoms with E-state index in [4.69, 9.17) is 19.6 Å². The van der Waals surface area contributed by atoms with Gasteiger partial charge in [0.05, 0.1) is 6.61 Å². The smallest absolute Gasteiger partial charge is 0.515 e. The first-order valence-electron chi connectivity index (χ1n) is 5.07. The van der Waals surface area contributed by atoms with Crippen LogP contribution in [-0.2, 0) is 9.53 Å². The Labute approximate surface area is 97.9 Å². The first-order valence-corrected chi connectivity index (χ1v) is 5.07. The molecular weight excluding hydrogens is 223 g/mol. The molecule has 0 amide bonds. The number of esters is 1. The molecule has 2 rings (SSSR count). The number of carbonyl (C=O) groups excluding carboxylic acids is 1. The van der Waals surface area contributed by atoms with E-state index in [0.717, 1.165) is 0 Å². The lowest BCUT2D eigenvalue weighted by Gasteiger charge is -1.99. The van der Waals surface area contributed by atoms with Crippen molar-refractivity contribution < 1.29 is 23.6 Å². The van der Waals surface area contributed by atoms with Crippen LogP contribution in [0.3, 0.4) is 0 Å². The van der Waals surface area contributed by atoms with Gasteiger partial charge in [-0.05, 0) is 19.1 Å². The van der Waals surface area contributed by atoms with E-state index in [-0.39, 0.29) is 12.2 Å². The summed E-state index contributed by atoms with van der Waals surface area (Å²) in [6.45, 7) is 1.83. The van der Waals surface area contributed by atoms with E-state index in [1.807, 2.05) is 0 Å². The highest BCUT2D eigenvalue weighted by Crippen LogP contribution is 2.32. The summed E-state index contributed by atoms with van der Waals surface area (Å²) < 4.78 is 15.3. The molecule has 0 aliphatic carbocycles. The molecule has 1 aromatic rings. The van der Waals surface area contributed by atoms with E-state index in [1.165, 1.54) is 0 Å². The fourth-order valence-electron chi connectivity index (χ4n) is 1.40. The summed E-state index contributed by atoms with van der Waals surface area (Å²) in [5, 5.41) is 0. The minimum absolute atomic E-state index is 0.178. The number of rotatable bonds is 3. The number of benzene rings is 1. The van der Waals surface area contributed by atoms with Crippen molar-refractivity contribution in [2.75, 3.05) is 6.61 Å². The fraction of sp³-hybridized carbons (Fsp3) is 0.200. The Kier molecular flexibility index (Phi) is 3.11. The zero-order valence-corrected chi connectivity index (χ0v) is 9.12. The van der Waals surface area contributed by atoms with E-state index in [9.17, 15) is 4.79 Å². The maximum absolute atomic E-state index is 11.4. The first-order chi connectivity index (χ1) is 8.26. The second kappa shape index (κ2) is 4.72. The van der Waals surface area contributed by atoms with Crippen LogP contribution >= 0.6 is 0 Å². The van der Waals surface area contributed by atoms with Gasteiger partial charge in [-0.1, -0.05) is 12.1 Å². The van der Waals surface area contributed by atoms with Crippen molar-refractivity contribution in [2.45, 2.75) is 6.92 Å². The highest BCUT2D eigenvalue weighted by Gasteiger charge is 2.50. The predicted octanol–water partition coefficient (Wildman–Crippen LogP) is 0.719. The Balaban J connectivity index is 2.17. The van der Waals surface area contributed by atoms with Crippen molar-refractivity contribution in [3.05, 3.63) is 29.8 Å². The van der Waals surface area contributed by atoms with Crippen LogP contribution < -0.4 is 9.31 Å². The number of hydrogen-bond acceptors (Lipinski definition) is 4. The van der Waals surface area contributed by atoms with Crippen molar-refractivity contribution >= 4 is 18.7 Å². The summed E-state index contributed by atoms with van der Waals surface area (Å²) in [5.74, 6) is 0.207. The largest absolute Gasteiger partial charge is 0.733 e. The molecule has 7 heteroatoms. The van der Waals surface area contributed by atoms with Crippen LogP contribution in [-0.4, -0.2) is 30.1 Å². The average molecular weight is 232 g/mol. The van der Waals surface area contributed by atoms with Gasteiger partial charge in [0.25, 0.3) is 0 Å². The minimum Gasteiger partial charge on any atom is -0.515 e. The molecule has 1 aromatic carbocycles. The minimum atomic E-state index is -1.07. The van der Waals surface area contributed by atoms with Crippen LogP contribution in [0.1, 0.15) is 6.92 Å². The third-order valence-corrected chi connectivity index (χ3v) is 2.13. The van der Waals surface area contributed by atoms with Gasteiger partial charge in [0.2, 0.25) is 0 Å². The summed E-state index contributed by atoms with van der Waals surface area (Å²) in [7, 11) is -1.07. The SMILES string of the molecule is CCOC(=O)C(=[N+]=[N-])B1Oc2ccccc2O1. The molecule has 1 aliphatic rings. The zero-order valence-electron chi connectivity index (χ0n) is 9.12. The maximum atomic E-state index is 11.4. The Hall–Kier alpha value is -2.27. The average Bonchev–Trinajstić information content (AvgIpc) is 2.73. The summed E-state index contributed by atoms with van der Waals surface area (Å²) in [4.78, 5) is 14.3. The molecule has 0 saturated carbocycles. The van der Waals surface area contributed by atoms with Crippen LogP contribution in [0.4, 0.5) is 0 Å². The zero-order chi connectivity index (χ0) is 12.3. The monoisotopic (exact) mass is 232 g/mol. The third kappa shape index (κ3) is 2.14. The molecule has 0 N–H and O–H groups in total.